The number of nitrogens with one attached hydrogen (secondary N) is 2. The topological polar surface area (TPSA) is 64.9 Å². The molecular formula is C14H18ClN3O. The average Bonchev–Trinajstić information content (AvgIpc) is 2.41. The van der Waals surface area contributed by atoms with Crippen LogP contribution in [0.25, 0.3) is 0 Å². The largest absolute Gasteiger partial charge is 0.373 e. The quantitative estimate of drug-likeness (QED) is 0.787. The Morgan fingerprint density at radius 2 is 2.26 bits per heavy atom. The second-order valence-corrected chi connectivity index (χ2v) is 4.72. The molecule has 1 atom stereocenters. The van der Waals surface area contributed by atoms with Crippen LogP contribution < -0.4 is 10.6 Å². The molecule has 1 aromatic carbocycles. The fourth-order valence-corrected chi connectivity index (χ4v) is 1.78. The van der Waals surface area contributed by atoms with E-state index in [0.29, 0.717) is 22.8 Å². The number of rotatable bonds is 6. The van der Waals surface area contributed by atoms with Gasteiger partial charge >= 0.3 is 0 Å². The second kappa shape index (κ2) is 7.65. The van der Waals surface area contributed by atoms with Gasteiger partial charge in [0, 0.05) is 6.54 Å². The minimum Gasteiger partial charge on any atom is -0.373 e. The van der Waals surface area contributed by atoms with Gasteiger partial charge in [0.15, 0.2) is 0 Å². The van der Waals surface area contributed by atoms with Crippen LogP contribution in [0, 0.1) is 11.3 Å². The predicted molar refractivity (Wildman–Crippen MR) is 77.2 cm³/mol. The van der Waals surface area contributed by atoms with Crippen LogP contribution in [0.15, 0.2) is 18.2 Å². The van der Waals surface area contributed by atoms with Gasteiger partial charge in [0.1, 0.15) is 6.04 Å². The van der Waals surface area contributed by atoms with Gasteiger partial charge in [-0.2, -0.15) is 5.26 Å². The van der Waals surface area contributed by atoms with Crippen molar-refractivity contribution in [2.24, 2.45) is 0 Å². The van der Waals surface area contributed by atoms with Crippen LogP contribution in [-0.4, -0.2) is 18.5 Å². The van der Waals surface area contributed by atoms with Crippen LogP contribution in [0.3, 0.4) is 0 Å². The number of hydrogen-bond donors (Lipinski definition) is 2. The Bertz CT molecular complexity index is 482. The van der Waals surface area contributed by atoms with Crippen molar-refractivity contribution < 1.29 is 4.79 Å². The monoisotopic (exact) mass is 279 g/mol. The lowest BCUT2D eigenvalue weighted by atomic mass is 10.2. The normalized spacial score (nSPS) is 11.5. The van der Waals surface area contributed by atoms with E-state index in [1.807, 2.05) is 6.07 Å². The zero-order valence-corrected chi connectivity index (χ0v) is 11.9. The summed E-state index contributed by atoms with van der Waals surface area (Å²) in [7, 11) is 0. The highest BCUT2D eigenvalue weighted by Crippen LogP contribution is 2.23. The number of nitrogens with zero attached hydrogens (tertiary/aromatic N) is 1. The molecular weight excluding hydrogens is 262 g/mol. The summed E-state index contributed by atoms with van der Waals surface area (Å²) >= 11 is 6.04. The minimum atomic E-state index is -0.373. The van der Waals surface area contributed by atoms with Crippen molar-refractivity contribution in [2.75, 3.05) is 11.9 Å². The summed E-state index contributed by atoms with van der Waals surface area (Å²) in [6, 6.07) is 6.58. The number of anilines is 1. The number of nitriles is 1. The first-order valence-electron chi connectivity index (χ1n) is 6.32. The molecule has 0 spiro atoms. The molecule has 19 heavy (non-hydrogen) atoms. The Morgan fingerprint density at radius 1 is 1.53 bits per heavy atom. The molecule has 1 rings (SSSR count). The summed E-state index contributed by atoms with van der Waals surface area (Å²) < 4.78 is 0. The van der Waals surface area contributed by atoms with Gasteiger partial charge in [0.05, 0.1) is 22.3 Å². The summed E-state index contributed by atoms with van der Waals surface area (Å²) in [5, 5.41) is 15.1. The molecule has 0 fully saturated rings. The maximum Gasteiger partial charge on any atom is 0.242 e. The summed E-state index contributed by atoms with van der Waals surface area (Å²) in [5.41, 5.74) is 1.15. The number of carbonyl (C=O) groups excluding carboxylic acids is 1. The van der Waals surface area contributed by atoms with Crippen molar-refractivity contribution in [1.29, 1.82) is 5.26 Å². The maximum absolute atomic E-state index is 11.8. The number of halogens is 1. The smallest absolute Gasteiger partial charge is 0.242 e. The van der Waals surface area contributed by atoms with Crippen LogP contribution in [0.2, 0.25) is 5.02 Å². The zero-order chi connectivity index (χ0) is 14.3. The molecule has 0 heterocycles. The summed E-state index contributed by atoms with van der Waals surface area (Å²) in [6.45, 7) is 4.53. The molecule has 102 valence electrons. The predicted octanol–water partition coefficient (Wildman–Crippen LogP) is 2.93. The van der Waals surface area contributed by atoms with E-state index in [4.69, 9.17) is 16.9 Å². The molecule has 0 aliphatic rings. The number of carbonyl (C=O) groups is 1. The van der Waals surface area contributed by atoms with Crippen molar-refractivity contribution >= 4 is 23.2 Å². The Balaban J connectivity index is 2.59. The standard InChI is InChI=1S/C14H18ClN3O/c1-3-4-7-17-14(19)10(2)18-13-6-5-11(9-16)8-12(13)15/h5-6,8,10,18H,3-4,7H2,1-2H3,(H,17,19). The van der Waals surface area contributed by atoms with Crippen LogP contribution in [0.4, 0.5) is 5.69 Å². The molecule has 0 saturated carbocycles. The average molecular weight is 280 g/mol. The van der Waals surface area contributed by atoms with Crippen LogP contribution >= 0.6 is 11.6 Å². The number of amides is 1. The van der Waals surface area contributed by atoms with Gasteiger partial charge in [0.25, 0.3) is 0 Å². The van der Waals surface area contributed by atoms with Crippen molar-refractivity contribution in [3.63, 3.8) is 0 Å². The molecule has 4 nitrogen and oxygen atoms in total. The van der Waals surface area contributed by atoms with E-state index < -0.39 is 0 Å². The third-order valence-corrected chi connectivity index (χ3v) is 3.01. The molecule has 0 aliphatic heterocycles. The summed E-state index contributed by atoms with van der Waals surface area (Å²) in [4.78, 5) is 11.8. The van der Waals surface area contributed by atoms with E-state index in [-0.39, 0.29) is 11.9 Å². The number of benzene rings is 1. The summed E-state index contributed by atoms with van der Waals surface area (Å²) in [6.07, 6.45) is 2.01. The Labute approximate surface area is 118 Å². The van der Waals surface area contributed by atoms with Gasteiger partial charge in [-0.05, 0) is 31.5 Å². The molecule has 1 aromatic rings. The van der Waals surface area contributed by atoms with E-state index in [0.717, 1.165) is 12.8 Å². The van der Waals surface area contributed by atoms with E-state index >= 15 is 0 Å². The van der Waals surface area contributed by atoms with Crippen molar-refractivity contribution in [3.8, 4) is 6.07 Å². The van der Waals surface area contributed by atoms with Gasteiger partial charge in [-0.15, -0.1) is 0 Å². The van der Waals surface area contributed by atoms with Gasteiger partial charge in [-0.3, -0.25) is 4.79 Å². The molecule has 0 bridgehead atoms. The number of unbranched alkanes of at least 4 members (excludes halogenated alkanes) is 1. The third kappa shape index (κ3) is 4.80. The van der Waals surface area contributed by atoms with Crippen LogP contribution in [-0.2, 0) is 4.79 Å². The fourth-order valence-electron chi connectivity index (χ4n) is 1.54. The van der Waals surface area contributed by atoms with E-state index in [1.165, 1.54) is 0 Å². The molecule has 1 amide bonds. The zero-order valence-electron chi connectivity index (χ0n) is 11.2. The van der Waals surface area contributed by atoms with E-state index in [2.05, 4.69) is 17.6 Å². The van der Waals surface area contributed by atoms with Gasteiger partial charge < -0.3 is 10.6 Å². The van der Waals surface area contributed by atoms with Crippen molar-refractivity contribution in [1.82, 2.24) is 5.32 Å². The van der Waals surface area contributed by atoms with Gasteiger partial charge in [-0.1, -0.05) is 24.9 Å². The third-order valence-electron chi connectivity index (χ3n) is 2.69. The highest BCUT2D eigenvalue weighted by atomic mass is 35.5. The number of hydrogen-bond acceptors (Lipinski definition) is 3. The fraction of sp³-hybridized carbons (Fsp3) is 0.429. The first-order chi connectivity index (χ1) is 9.08. The first-order valence-corrected chi connectivity index (χ1v) is 6.70. The lowest BCUT2D eigenvalue weighted by Crippen LogP contribution is -2.38. The van der Waals surface area contributed by atoms with Gasteiger partial charge in [0.2, 0.25) is 5.91 Å². The molecule has 0 aromatic heterocycles. The van der Waals surface area contributed by atoms with E-state index in [1.54, 1.807) is 25.1 Å². The Hall–Kier alpha value is -1.73. The minimum absolute atomic E-state index is 0.0612. The molecule has 1 unspecified atom stereocenters. The molecule has 2 N–H and O–H groups in total. The van der Waals surface area contributed by atoms with Crippen LogP contribution in [0.5, 0.6) is 0 Å². The second-order valence-electron chi connectivity index (χ2n) is 4.32. The maximum atomic E-state index is 11.8. The van der Waals surface area contributed by atoms with Crippen molar-refractivity contribution in [2.45, 2.75) is 32.7 Å². The lowest BCUT2D eigenvalue weighted by molar-refractivity contribution is -0.121. The lowest BCUT2D eigenvalue weighted by Gasteiger charge is -2.16. The Kier molecular flexibility index (Phi) is 6.17. The molecule has 5 heteroatoms. The van der Waals surface area contributed by atoms with E-state index in [9.17, 15) is 4.79 Å². The first kappa shape index (κ1) is 15.3. The van der Waals surface area contributed by atoms with Crippen LogP contribution in [0.1, 0.15) is 32.3 Å². The molecule has 0 radical (unpaired) electrons. The summed E-state index contributed by atoms with van der Waals surface area (Å²) in [5.74, 6) is -0.0612. The Morgan fingerprint density at radius 3 is 2.84 bits per heavy atom. The van der Waals surface area contributed by atoms with Gasteiger partial charge in [-0.25, -0.2) is 0 Å². The SMILES string of the molecule is CCCCNC(=O)C(C)Nc1ccc(C#N)cc1Cl. The van der Waals surface area contributed by atoms with Crippen molar-refractivity contribution in [3.05, 3.63) is 28.8 Å². The molecule has 0 saturated heterocycles. The molecule has 0 aliphatic carbocycles. The highest BCUT2D eigenvalue weighted by molar-refractivity contribution is 6.33. The highest BCUT2D eigenvalue weighted by Gasteiger charge is 2.13.